The molecular weight excluding hydrogens is 496 g/mol. The van der Waals surface area contributed by atoms with Gasteiger partial charge >= 0.3 is 0 Å². The maximum absolute atomic E-state index is 12.7. The molecule has 2 heterocycles. The van der Waals surface area contributed by atoms with Gasteiger partial charge in [0.25, 0.3) is 0 Å². The molecule has 2 aromatic carbocycles. The van der Waals surface area contributed by atoms with E-state index in [1.54, 1.807) is 4.90 Å². The summed E-state index contributed by atoms with van der Waals surface area (Å²) in [6.45, 7) is 7.92. The number of amides is 1. The summed E-state index contributed by atoms with van der Waals surface area (Å²) in [6.07, 6.45) is 4.69. The van der Waals surface area contributed by atoms with Crippen LogP contribution in [0.4, 0.5) is 0 Å². The second-order valence-electron chi connectivity index (χ2n) is 10.3. The van der Waals surface area contributed by atoms with E-state index in [0.717, 1.165) is 35.7 Å². The molecule has 0 aliphatic carbocycles. The first-order valence-corrected chi connectivity index (χ1v) is 13.4. The van der Waals surface area contributed by atoms with Gasteiger partial charge in [0, 0.05) is 52.2 Å². The molecule has 0 saturated carbocycles. The molecule has 1 N–H and O–H groups in total. The van der Waals surface area contributed by atoms with Gasteiger partial charge in [0.15, 0.2) is 0 Å². The number of ether oxygens (including phenoxy) is 3. The Morgan fingerprint density at radius 1 is 1.00 bits per heavy atom. The Morgan fingerprint density at radius 3 is 2.41 bits per heavy atom. The van der Waals surface area contributed by atoms with Crippen LogP contribution < -0.4 is 9.47 Å². The summed E-state index contributed by atoms with van der Waals surface area (Å²) in [7, 11) is 1.50. The fourth-order valence-corrected chi connectivity index (χ4v) is 4.76. The molecule has 0 spiro atoms. The average Bonchev–Trinajstić information content (AvgIpc) is 3.25. The summed E-state index contributed by atoms with van der Waals surface area (Å²) in [5, 5.41) is 11.6. The van der Waals surface area contributed by atoms with E-state index in [2.05, 4.69) is 26.6 Å². The molecule has 1 aromatic heterocycles. The predicted molar refractivity (Wildman–Crippen MR) is 149 cm³/mol. The third-order valence-corrected chi connectivity index (χ3v) is 6.90. The molecule has 1 atom stereocenters. The third kappa shape index (κ3) is 8.54. The fraction of sp³-hybridized carbons (Fsp3) is 0.467. The van der Waals surface area contributed by atoms with E-state index in [-0.39, 0.29) is 25.7 Å². The molecule has 0 bridgehead atoms. The number of hydrogen-bond acceptors (Lipinski definition) is 7. The maximum Gasteiger partial charge on any atom is 0.248 e. The number of aromatic nitrogens is 2. The van der Waals surface area contributed by atoms with Crippen molar-refractivity contribution in [2.45, 2.75) is 39.0 Å². The molecule has 1 unspecified atom stereocenters. The van der Waals surface area contributed by atoms with Crippen molar-refractivity contribution in [3.63, 3.8) is 0 Å². The van der Waals surface area contributed by atoms with Crippen LogP contribution in [0, 0.1) is 13.8 Å². The van der Waals surface area contributed by atoms with Gasteiger partial charge in [-0.2, -0.15) is 0 Å². The zero-order valence-corrected chi connectivity index (χ0v) is 23.2. The summed E-state index contributed by atoms with van der Waals surface area (Å²) in [6, 6.07) is 15.8. The van der Waals surface area contributed by atoms with Gasteiger partial charge in [0.05, 0.1) is 13.2 Å². The standard InChI is InChI=1S/C30H40N4O5/c1-24-5-9-28(10-6-24)39-23-30(36)21-32(16-17-34(22-30)29(35)20-37-3)19-26-7-11-27(12-8-26)38-18-4-14-33-15-13-31-25(33)2/h5-13,15,36H,4,14,16-23H2,1-3H3. The molecule has 1 aliphatic rings. The van der Waals surface area contributed by atoms with Gasteiger partial charge in [-0.1, -0.05) is 29.8 Å². The highest BCUT2D eigenvalue weighted by atomic mass is 16.5. The van der Waals surface area contributed by atoms with Crippen LogP contribution in [0.25, 0.3) is 0 Å². The van der Waals surface area contributed by atoms with Gasteiger partial charge in [-0.3, -0.25) is 9.69 Å². The molecule has 1 amide bonds. The molecule has 9 heteroatoms. The van der Waals surface area contributed by atoms with E-state index in [9.17, 15) is 9.90 Å². The lowest BCUT2D eigenvalue weighted by Gasteiger charge is -2.33. The Bertz CT molecular complexity index is 1180. The minimum Gasteiger partial charge on any atom is -0.494 e. The molecule has 4 rings (SSSR count). The summed E-state index contributed by atoms with van der Waals surface area (Å²) < 4.78 is 19.1. The minimum absolute atomic E-state index is 0.0156. The third-order valence-electron chi connectivity index (χ3n) is 6.90. The average molecular weight is 537 g/mol. The number of nitrogens with zero attached hydrogens (tertiary/aromatic N) is 4. The van der Waals surface area contributed by atoms with E-state index in [1.165, 1.54) is 7.11 Å². The van der Waals surface area contributed by atoms with Crippen molar-refractivity contribution in [1.29, 1.82) is 0 Å². The van der Waals surface area contributed by atoms with Crippen LogP contribution in [-0.4, -0.2) is 89.1 Å². The van der Waals surface area contributed by atoms with Crippen LogP contribution in [0.2, 0.25) is 0 Å². The van der Waals surface area contributed by atoms with Crippen molar-refractivity contribution >= 4 is 5.91 Å². The second kappa shape index (κ2) is 13.6. The van der Waals surface area contributed by atoms with Crippen LogP contribution >= 0.6 is 0 Å². The topological polar surface area (TPSA) is 89.3 Å². The number of rotatable bonds is 12. The van der Waals surface area contributed by atoms with Gasteiger partial charge < -0.3 is 28.8 Å². The number of aliphatic hydroxyl groups is 1. The quantitative estimate of drug-likeness (QED) is 0.356. The number of β-amino-alcohol motifs (C(OH)–C–C–N with tert-alkyl or cyclic N) is 1. The first-order valence-electron chi connectivity index (χ1n) is 13.4. The molecule has 1 aliphatic heterocycles. The Morgan fingerprint density at radius 2 is 1.72 bits per heavy atom. The molecule has 1 saturated heterocycles. The molecule has 39 heavy (non-hydrogen) atoms. The van der Waals surface area contributed by atoms with Crippen LogP contribution in [0.5, 0.6) is 11.5 Å². The Balaban J connectivity index is 1.34. The van der Waals surface area contributed by atoms with Crippen LogP contribution in [-0.2, 0) is 22.6 Å². The SMILES string of the molecule is COCC(=O)N1CCN(Cc2ccc(OCCCn3ccnc3C)cc2)CC(O)(COc2ccc(C)cc2)C1. The largest absolute Gasteiger partial charge is 0.494 e. The number of hydrogen-bond donors (Lipinski definition) is 1. The Kier molecular flexibility index (Phi) is 9.97. The highest BCUT2D eigenvalue weighted by Gasteiger charge is 2.37. The van der Waals surface area contributed by atoms with Gasteiger partial charge in [-0.05, 0) is 50.1 Å². The van der Waals surface area contributed by atoms with Gasteiger partial charge in [-0.25, -0.2) is 4.98 Å². The highest BCUT2D eigenvalue weighted by molar-refractivity contribution is 5.77. The van der Waals surface area contributed by atoms with Crippen molar-refractivity contribution in [1.82, 2.24) is 19.4 Å². The number of aryl methyl sites for hydroxylation is 3. The van der Waals surface area contributed by atoms with Crippen molar-refractivity contribution in [2.75, 3.05) is 53.1 Å². The van der Waals surface area contributed by atoms with Crippen LogP contribution in [0.15, 0.2) is 60.9 Å². The van der Waals surface area contributed by atoms with Gasteiger partial charge in [0.2, 0.25) is 5.91 Å². The zero-order chi connectivity index (χ0) is 27.7. The highest BCUT2D eigenvalue weighted by Crippen LogP contribution is 2.21. The molecule has 1 fully saturated rings. The van der Waals surface area contributed by atoms with E-state index < -0.39 is 5.60 Å². The summed E-state index contributed by atoms with van der Waals surface area (Å²) >= 11 is 0. The zero-order valence-electron chi connectivity index (χ0n) is 23.2. The molecule has 210 valence electrons. The van der Waals surface area contributed by atoms with E-state index in [1.807, 2.05) is 62.6 Å². The summed E-state index contributed by atoms with van der Waals surface area (Å²) in [4.78, 5) is 20.7. The van der Waals surface area contributed by atoms with Gasteiger partial charge in [0.1, 0.15) is 36.1 Å². The predicted octanol–water partition coefficient (Wildman–Crippen LogP) is 3.07. The van der Waals surface area contributed by atoms with Gasteiger partial charge in [-0.15, -0.1) is 0 Å². The number of methoxy groups -OCH3 is 1. The molecular formula is C30H40N4O5. The van der Waals surface area contributed by atoms with Crippen molar-refractivity contribution in [3.8, 4) is 11.5 Å². The number of imidazole rings is 1. The van der Waals surface area contributed by atoms with E-state index >= 15 is 0 Å². The molecule has 9 nitrogen and oxygen atoms in total. The first-order chi connectivity index (χ1) is 18.8. The smallest absolute Gasteiger partial charge is 0.248 e. The Labute approximate surface area is 230 Å². The monoisotopic (exact) mass is 536 g/mol. The van der Waals surface area contributed by atoms with Crippen molar-refractivity contribution in [3.05, 3.63) is 77.9 Å². The van der Waals surface area contributed by atoms with Crippen molar-refractivity contribution < 1.29 is 24.1 Å². The lowest BCUT2D eigenvalue weighted by Crippen LogP contribution is -2.52. The fourth-order valence-electron chi connectivity index (χ4n) is 4.76. The number of benzene rings is 2. The van der Waals surface area contributed by atoms with E-state index in [0.29, 0.717) is 38.5 Å². The number of carbonyl (C=O) groups is 1. The maximum atomic E-state index is 12.7. The van der Waals surface area contributed by atoms with E-state index in [4.69, 9.17) is 14.2 Å². The van der Waals surface area contributed by atoms with Crippen LogP contribution in [0.3, 0.4) is 0 Å². The summed E-state index contributed by atoms with van der Waals surface area (Å²) in [5.41, 5.74) is 1.01. The molecule has 3 aromatic rings. The summed E-state index contributed by atoms with van der Waals surface area (Å²) in [5.74, 6) is 2.39. The minimum atomic E-state index is -1.23. The Hall–Kier alpha value is -3.40. The van der Waals surface area contributed by atoms with Crippen LogP contribution in [0.1, 0.15) is 23.4 Å². The lowest BCUT2D eigenvalue weighted by molar-refractivity contribution is -0.138. The molecule has 0 radical (unpaired) electrons. The van der Waals surface area contributed by atoms with Crippen molar-refractivity contribution in [2.24, 2.45) is 0 Å². The second-order valence-corrected chi connectivity index (χ2v) is 10.3. The lowest BCUT2D eigenvalue weighted by atomic mass is 10.0. The number of carbonyl (C=O) groups excluding carboxylic acids is 1. The first kappa shape index (κ1) is 28.6. The normalized spacial score (nSPS) is 18.1.